The molecule has 12 heteroatoms. The molecule has 0 saturated carbocycles. The minimum Gasteiger partial charge on any atom is -0.482 e. The molecular weight excluding hydrogens is 550 g/mol. The van der Waals surface area contributed by atoms with E-state index in [2.05, 4.69) is 21.1 Å². The highest BCUT2D eigenvalue weighted by molar-refractivity contribution is 6.36. The molecule has 0 bridgehead atoms. The summed E-state index contributed by atoms with van der Waals surface area (Å²) in [5.41, 5.74) is 6.18. The molecule has 3 aromatic rings. The topological polar surface area (TPSA) is 101 Å². The number of rotatable bonds is 10. The highest BCUT2D eigenvalue weighted by atomic mass is 35.5. The van der Waals surface area contributed by atoms with E-state index in [0.717, 1.165) is 11.1 Å². The molecule has 2 amide bonds. The number of hydrogen-bond donors (Lipinski definition) is 2. The zero-order valence-corrected chi connectivity index (χ0v) is 21.4. The maximum atomic E-state index is 11.9. The van der Waals surface area contributed by atoms with Gasteiger partial charge in [0, 0.05) is 10.0 Å². The van der Waals surface area contributed by atoms with E-state index < -0.39 is 11.8 Å². The number of hydrogen-bond acceptors (Lipinski definition) is 6. The molecule has 0 saturated heterocycles. The van der Waals surface area contributed by atoms with E-state index in [-0.39, 0.29) is 13.2 Å². The molecule has 186 valence electrons. The van der Waals surface area contributed by atoms with Crippen LogP contribution in [0.25, 0.3) is 0 Å². The van der Waals surface area contributed by atoms with E-state index >= 15 is 0 Å². The van der Waals surface area contributed by atoms with Gasteiger partial charge in [0.2, 0.25) is 0 Å². The van der Waals surface area contributed by atoms with Crippen LogP contribution in [-0.2, 0) is 9.59 Å². The van der Waals surface area contributed by atoms with Gasteiger partial charge in [-0.3, -0.25) is 9.59 Å². The Bertz CT molecular complexity index is 1190. The first-order valence-electron chi connectivity index (χ1n) is 10.2. The van der Waals surface area contributed by atoms with Crippen LogP contribution < -0.4 is 20.3 Å². The van der Waals surface area contributed by atoms with Crippen molar-refractivity contribution < 1.29 is 19.1 Å². The average molecular weight is 568 g/mol. The van der Waals surface area contributed by atoms with Gasteiger partial charge in [0.25, 0.3) is 11.8 Å². The monoisotopic (exact) mass is 566 g/mol. The molecule has 2 N–H and O–H groups in total. The SMILES string of the molecule is O=C(COc1ccc(Cl)cc1Cl)N/N=C/c1ccc(/C=N/NC(=O)COc2ccc(Cl)cc2Cl)cc1. The number of carbonyl (C=O) groups is 2. The van der Waals surface area contributed by atoms with Crippen molar-refractivity contribution in [1.82, 2.24) is 10.9 Å². The number of hydrazone groups is 2. The highest BCUT2D eigenvalue weighted by Crippen LogP contribution is 2.28. The van der Waals surface area contributed by atoms with Crippen molar-refractivity contribution in [2.45, 2.75) is 0 Å². The van der Waals surface area contributed by atoms with Crippen LogP contribution in [0.5, 0.6) is 11.5 Å². The maximum Gasteiger partial charge on any atom is 0.277 e. The smallest absolute Gasteiger partial charge is 0.277 e. The lowest BCUT2D eigenvalue weighted by Crippen LogP contribution is -2.24. The summed E-state index contributed by atoms with van der Waals surface area (Å²) < 4.78 is 10.7. The van der Waals surface area contributed by atoms with Gasteiger partial charge in [-0.1, -0.05) is 70.7 Å². The molecule has 3 rings (SSSR count). The summed E-state index contributed by atoms with van der Waals surface area (Å²) in [5, 5.41) is 9.30. The first kappa shape index (κ1) is 27.3. The van der Waals surface area contributed by atoms with Crippen molar-refractivity contribution in [3.8, 4) is 11.5 Å². The van der Waals surface area contributed by atoms with Crippen LogP contribution in [-0.4, -0.2) is 37.5 Å². The standard InChI is InChI=1S/C24H18Cl4N4O4/c25-17-5-7-21(19(27)9-17)35-13-23(33)31-29-11-15-1-2-16(4-3-15)12-30-32-24(34)14-36-22-8-6-18(26)10-20(22)28/h1-12H,13-14H2,(H,31,33)(H,32,34)/b29-11+,30-12+. The van der Waals surface area contributed by atoms with Crippen molar-refractivity contribution in [3.63, 3.8) is 0 Å². The highest BCUT2D eigenvalue weighted by Gasteiger charge is 2.07. The normalized spacial score (nSPS) is 11.0. The minimum absolute atomic E-state index is 0.266. The van der Waals surface area contributed by atoms with E-state index in [1.54, 1.807) is 48.5 Å². The molecule has 0 spiro atoms. The quantitative estimate of drug-likeness (QED) is 0.254. The Hall–Kier alpha value is -3.30. The predicted octanol–water partition coefficient (Wildman–Crippen LogP) is 5.36. The molecule has 0 aliphatic heterocycles. The molecule has 0 fully saturated rings. The fourth-order valence-electron chi connectivity index (χ4n) is 2.56. The van der Waals surface area contributed by atoms with E-state index in [4.69, 9.17) is 55.9 Å². The number of carbonyl (C=O) groups excluding carboxylic acids is 2. The molecule has 36 heavy (non-hydrogen) atoms. The zero-order chi connectivity index (χ0) is 25.9. The number of halogens is 4. The molecule has 0 aliphatic rings. The average Bonchev–Trinajstić information content (AvgIpc) is 2.84. The summed E-state index contributed by atoms with van der Waals surface area (Å²) in [7, 11) is 0. The van der Waals surface area contributed by atoms with Crippen LogP contribution in [0.3, 0.4) is 0 Å². The second-order valence-corrected chi connectivity index (χ2v) is 8.67. The predicted molar refractivity (Wildman–Crippen MR) is 142 cm³/mol. The summed E-state index contributed by atoms with van der Waals surface area (Å²) in [6.45, 7) is -0.533. The largest absolute Gasteiger partial charge is 0.482 e. The third-order valence-electron chi connectivity index (χ3n) is 4.25. The van der Waals surface area contributed by atoms with Gasteiger partial charge in [0.15, 0.2) is 13.2 Å². The molecule has 8 nitrogen and oxygen atoms in total. The Morgan fingerprint density at radius 2 is 1.06 bits per heavy atom. The first-order valence-corrected chi connectivity index (χ1v) is 11.7. The van der Waals surface area contributed by atoms with Crippen LogP contribution in [0.4, 0.5) is 0 Å². The van der Waals surface area contributed by atoms with Gasteiger partial charge >= 0.3 is 0 Å². The Kier molecular flexibility index (Phi) is 10.4. The summed E-state index contributed by atoms with van der Waals surface area (Å²) in [6.07, 6.45) is 2.93. The van der Waals surface area contributed by atoms with Crippen molar-refractivity contribution >= 4 is 70.6 Å². The van der Waals surface area contributed by atoms with Gasteiger partial charge < -0.3 is 9.47 Å². The maximum absolute atomic E-state index is 11.9. The Labute approximate surface area is 226 Å². The fraction of sp³-hybridized carbons (Fsp3) is 0.0833. The molecule has 0 aliphatic carbocycles. The number of benzene rings is 3. The van der Waals surface area contributed by atoms with E-state index in [1.165, 1.54) is 24.6 Å². The van der Waals surface area contributed by atoms with Crippen molar-refractivity contribution in [1.29, 1.82) is 0 Å². The second-order valence-electron chi connectivity index (χ2n) is 6.98. The van der Waals surface area contributed by atoms with E-state index in [0.29, 0.717) is 31.6 Å². The summed E-state index contributed by atoms with van der Waals surface area (Å²) in [6, 6.07) is 16.4. The molecule has 0 aromatic heterocycles. The Morgan fingerprint density at radius 3 is 1.42 bits per heavy atom. The molecule has 0 unspecified atom stereocenters. The number of nitrogens with zero attached hydrogens (tertiary/aromatic N) is 2. The number of amides is 2. The van der Waals surface area contributed by atoms with Crippen LogP contribution >= 0.6 is 46.4 Å². The molecule has 3 aromatic carbocycles. The number of ether oxygens (including phenoxy) is 2. The van der Waals surface area contributed by atoms with Crippen LogP contribution in [0, 0.1) is 0 Å². The molecular formula is C24H18Cl4N4O4. The van der Waals surface area contributed by atoms with E-state index in [9.17, 15) is 9.59 Å². The lowest BCUT2D eigenvalue weighted by atomic mass is 10.2. The lowest BCUT2D eigenvalue weighted by molar-refractivity contribution is -0.123. The fourth-order valence-corrected chi connectivity index (χ4v) is 3.49. The van der Waals surface area contributed by atoms with Crippen molar-refractivity contribution in [3.05, 3.63) is 91.9 Å². The van der Waals surface area contributed by atoms with E-state index in [1.807, 2.05) is 0 Å². The minimum atomic E-state index is -0.459. The molecule has 0 atom stereocenters. The summed E-state index contributed by atoms with van der Waals surface area (Å²) in [4.78, 5) is 23.8. The van der Waals surface area contributed by atoms with Gasteiger partial charge in [-0.2, -0.15) is 10.2 Å². The molecule has 0 radical (unpaired) electrons. The first-order chi connectivity index (χ1) is 17.3. The summed E-state index contributed by atoms with van der Waals surface area (Å²) in [5.74, 6) is -0.239. The van der Waals surface area contributed by atoms with Gasteiger partial charge in [-0.05, 0) is 47.5 Å². The third-order valence-corrected chi connectivity index (χ3v) is 5.31. The van der Waals surface area contributed by atoms with Crippen molar-refractivity contribution in [2.24, 2.45) is 10.2 Å². The Balaban J connectivity index is 1.39. The number of nitrogens with one attached hydrogen (secondary N) is 2. The summed E-state index contributed by atoms with van der Waals surface area (Å²) >= 11 is 23.6. The van der Waals surface area contributed by atoms with Crippen LogP contribution in [0.2, 0.25) is 20.1 Å². The van der Waals surface area contributed by atoms with Gasteiger partial charge in [-0.15, -0.1) is 0 Å². The lowest BCUT2D eigenvalue weighted by Gasteiger charge is -2.07. The van der Waals surface area contributed by atoms with Gasteiger partial charge in [0.1, 0.15) is 11.5 Å². The van der Waals surface area contributed by atoms with Crippen LogP contribution in [0.1, 0.15) is 11.1 Å². The van der Waals surface area contributed by atoms with Crippen molar-refractivity contribution in [2.75, 3.05) is 13.2 Å². The van der Waals surface area contributed by atoms with Gasteiger partial charge in [0.05, 0.1) is 22.5 Å². The second kappa shape index (κ2) is 13.7. The Morgan fingerprint density at radius 1 is 0.667 bits per heavy atom. The zero-order valence-electron chi connectivity index (χ0n) is 18.4. The van der Waals surface area contributed by atoms with Gasteiger partial charge in [-0.25, -0.2) is 10.9 Å². The van der Waals surface area contributed by atoms with Crippen LogP contribution in [0.15, 0.2) is 70.9 Å². The molecule has 0 heterocycles. The third kappa shape index (κ3) is 9.05.